The highest BCUT2D eigenvalue weighted by Gasteiger charge is 2.25. The summed E-state index contributed by atoms with van der Waals surface area (Å²) in [5, 5.41) is 4.92. The average molecular weight is 277 g/mol. The van der Waals surface area contributed by atoms with Crippen LogP contribution in [0, 0.1) is 0 Å². The summed E-state index contributed by atoms with van der Waals surface area (Å²) >= 11 is 1.68. The first-order valence-corrected chi connectivity index (χ1v) is 6.26. The number of halogens is 1. The Labute approximate surface area is 111 Å². The fourth-order valence-electron chi connectivity index (χ4n) is 1.79. The van der Waals surface area contributed by atoms with Crippen LogP contribution in [-0.2, 0) is 9.53 Å². The van der Waals surface area contributed by atoms with E-state index in [9.17, 15) is 4.79 Å². The van der Waals surface area contributed by atoms with E-state index < -0.39 is 0 Å². The number of likely N-dealkylation sites (N-methyl/N-ethyl adjacent to an activating group) is 1. The second kappa shape index (κ2) is 6.96. The van der Waals surface area contributed by atoms with E-state index in [4.69, 9.17) is 4.74 Å². The Morgan fingerprint density at radius 2 is 2.53 bits per heavy atom. The van der Waals surface area contributed by atoms with Crippen LogP contribution in [0.1, 0.15) is 11.0 Å². The molecule has 1 saturated heterocycles. The minimum atomic E-state index is 0. The number of morpholine rings is 1. The van der Waals surface area contributed by atoms with Crippen molar-refractivity contribution in [2.45, 2.75) is 6.10 Å². The molecule has 0 saturated carbocycles. The van der Waals surface area contributed by atoms with Crippen LogP contribution in [0.5, 0.6) is 0 Å². The Balaban J connectivity index is 0.00000144. The first kappa shape index (κ1) is 14.4. The van der Waals surface area contributed by atoms with Gasteiger partial charge in [0.25, 0.3) is 0 Å². The standard InChI is InChI=1S/C11H16N2O2S.ClH/c1-12-7-11(14)13-4-5-15-9(8-13)10-3-2-6-16-10;/h2-3,6,9,12H,4-5,7-8H2,1H3;1H. The summed E-state index contributed by atoms with van der Waals surface area (Å²) in [6.45, 7) is 2.39. The van der Waals surface area contributed by atoms with E-state index in [1.165, 1.54) is 4.88 Å². The zero-order chi connectivity index (χ0) is 11.4. The lowest BCUT2D eigenvalue weighted by atomic mass is 10.2. The average Bonchev–Trinajstić information content (AvgIpc) is 2.83. The number of hydrogen-bond donors (Lipinski definition) is 1. The number of rotatable bonds is 3. The van der Waals surface area contributed by atoms with Crippen LogP contribution in [0.4, 0.5) is 0 Å². The van der Waals surface area contributed by atoms with Crippen molar-refractivity contribution in [1.82, 2.24) is 10.2 Å². The van der Waals surface area contributed by atoms with Crippen LogP contribution in [-0.4, -0.2) is 44.1 Å². The molecule has 6 heteroatoms. The van der Waals surface area contributed by atoms with Gasteiger partial charge in [-0.3, -0.25) is 4.79 Å². The van der Waals surface area contributed by atoms with Gasteiger partial charge in [0, 0.05) is 11.4 Å². The van der Waals surface area contributed by atoms with Crippen LogP contribution in [0.25, 0.3) is 0 Å². The summed E-state index contributed by atoms with van der Waals surface area (Å²) in [7, 11) is 1.79. The molecule has 1 fully saturated rings. The third kappa shape index (κ3) is 3.67. The molecule has 2 heterocycles. The number of nitrogens with zero attached hydrogens (tertiary/aromatic N) is 1. The molecule has 2 rings (SSSR count). The lowest BCUT2D eigenvalue weighted by Crippen LogP contribution is -2.45. The number of ether oxygens (including phenoxy) is 1. The fourth-order valence-corrected chi connectivity index (χ4v) is 2.55. The minimum absolute atomic E-state index is 0. The molecule has 0 bridgehead atoms. The largest absolute Gasteiger partial charge is 0.369 e. The van der Waals surface area contributed by atoms with E-state index in [2.05, 4.69) is 11.4 Å². The highest BCUT2D eigenvalue weighted by Crippen LogP contribution is 2.25. The molecular formula is C11H17ClN2O2S. The van der Waals surface area contributed by atoms with Crippen LogP contribution < -0.4 is 5.32 Å². The monoisotopic (exact) mass is 276 g/mol. The third-order valence-corrected chi connectivity index (χ3v) is 3.57. The van der Waals surface area contributed by atoms with Crippen molar-refractivity contribution in [1.29, 1.82) is 0 Å². The molecule has 0 aromatic carbocycles. The normalized spacial score (nSPS) is 19.8. The summed E-state index contributed by atoms with van der Waals surface area (Å²) in [5.41, 5.74) is 0. The van der Waals surface area contributed by atoms with Gasteiger partial charge in [0.05, 0.1) is 19.7 Å². The van der Waals surface area contributed by atoms with Crippen molar-refractivity contribution in [2.24, 2.45) is 0 Å². The summed E-state index contributed by atoms with van der Waals surface area (Å²) in [6, 6.07) is 4.07. The second-order valence-corrected chi connectivity index (χ2v) is 4.72. The van der Waals surface area contributed by atoms with Crippen molar-refractivity contribution in [3.05, 3.63) is 22.4 Å². The molecule has 1 aliphatic heterocycles. The summed E-state index contributed by atoms with van der Waals surface area (Å²) in [5.74, 6) is 0.146. The van der Waals surface area contributed by atoms with Crippen LogP contribution in [0.3, 0.4) is 0 Å². The Morgan fingerprint density at radius 1 is 1.71 bits per heavy atom. The maximum atomic E-state index is 11.7. The van der Waals surface area contributed by atoms with Crippen LogP contribution in [0.15, 0.2) is 17.5 Å². The van der Waals surface area contributed by atoms with Gasteiger partial charge >= 0.3 is 0 Å². The van der Waals surface area contributed by atoms with Gasteiger partial charge in [0.1, 0.15) is 6.10 Å². The van der Waals surface area contributed by atoms with Crippen molar-refractivity contribution in [2.75, 3.05) is 33.3 Å². The zero-order valence-electron chi connectivity index (χ0n) is 9.72. The smallest absolute Gasteiger partial charge is 0.236 e. The van der Waals surface area contributed by atoms with Gasteiger partial charge < -0.3 is 15.0 Å². The number of carbonyl (C=O) groups excluding carboxylic acids is 1. The molecule has 0 spiro atoms. The van der Waals surface area contributed by atoms with Crippen molar-refractivity contribution < 1.29 is 9.53 Å². The number of nitrogens with one attached hydrogen (secondary N) is 1. The van der Waals surface area contributed by atoms with Crippen molar-refractivity contribution in [3.63, 3.8) is 0 Å². The zero-order valence-corrected chi connectivity index (χ0v) is 11.4. The van der Waals surface area contributed by atoms with E-state index in [-0.39, 0.29) is 24.4 Å². The Bertz CT molecular complexity index is 345. The maximum absolute atomic E-state index is 11.7. The SMILES string of the molecule is CNCC(=O)N1CCOC(c2cccs2)C1.Cl. The Kier molecular flexibility index (Phi) is 5.91. The molecule has 96 valence electrons. The van der Waals surface area contributed by atoms with Gasteiger partial charge in [0.2, 0.25) is 5.91 Å². The molecule has 1 aromatic rings. The van der Waals surface area contributed by atoms with E-state index >= 15 is 0 Å². The number of amides is 1. The molecule has 1 aromatic heterocycles. The molecule has 0 radical (unpaired) electrons. The molecule has 1 amide bonds. The van der Waals surface area contributed by atoms with Crippen molar-refractivity contribution >= 4 is 29.7 Å². The third-order valence-electron chi connectivity index (χ3n) is 2.61. The van der Waals surface area contributed by atoms with Crippen LogP contribution >= 0.6 is 23.7 Å². The van der Waals surface area contributed by atoms with E-state index in [0.717, 1.165) is 0 Å². The molecule has 1 unspecified atom stereocenters. The molecule has 1 N–H and O–H groups in total. The summed E-state index contributed by atoms with van der Waals surface area (Å²) < 4.78 is 5.68. The van der Waals surface area contributed by atoms with E-state index in [1.54, 1.807) is 18.4 Å². The van der Waals surface area contributed by atoms with Gasteiger partial charge in [-0.2, -0.15) is 0 Å². The highest BCUT2D eigenvalue weighted by atomic mass is 35.5. The van der Waals surface area contributed by atoms with E-state index in [1.807, 2.05) is 16.3 Å². The molecule has 1 aliphatic rings. The van der Waals surface area contributed by atoms with Gasteiger partial charge in [0.15, 0.2) is 0 Å². The fraction of sp³-hybridized carbons (Fsp3) is 0.545. The quantitative estimate of drug-likeness (QED) is 0.905. The molecule has 17 heavy (non-hydrogen) atoms. The molecular weight excluding hydrogens is 260 g/mol. The number of carbonyl (C=O) groups is 1. The summed E-state index contributed by atoms with van der Waals surface area (Å²) in [6.07, 6.45) is 0.0505. The highest BCUT2D eigenvalue weighted by molar-refractivity contribution is 7.10. The minimum Gasteiger partial charge on any atom is -0.369 e. The lowest BCUT2D eigenvalue weighted by Gasteiger charge is -2.32. The number of hydrogen-bond acceptors (Lipinski definition) is 4. The topological polar surface area (TPSA) is 41.6 Å². The first-order valence-electron chi connectivity index (χ1n) is 5.38. The van der Waals surface area contributed by atoms with Gasteiger partial charge in [-0.1, -0.05) is 6.07 Å². The molecule has 1 atom stereocenters. The maximum Gasteiger partial charge on any atom is 0.236 e. The lowest BCUT2D eigenvalue weighted by molar-refractivity contribution is -0.137. The van der Waals surface area contributed by atoms with Gasteiger partial charge in [-0.05, 0) is 18.5 Å². The predicted molar refractivity (Wildman–Crippen MR) is 70.8 cm³/mol. The first-order chi connectivity index (χ1) is 7.81. The molecule has 0 aliphatic carbocycles. The van der Waals surface area contributed by atoms with Gasteiger partial charge in [-0.15, -0.1) is 23.7 Å². The number of thiophene rings is 1. The van der Waals surface area contributed by atoms with Crippen molar-refractivity contribution in [3.8, 4) is 0 Å². The van der Waals surface area contributed by atoms with Gasteiger partial charge in [-0.25, -0.2) is 0 Å². The Morgan fingerprint density at radius 3 is 3.18 bits per heavy atom. The second-order valence-electron chi connectivity index (χ2n) is 3.74. The molecule has 4 nitrogen and oxygen atoms in total. The van der Waals surface area contributed by atoms with E-state index in [0.29, 0.717) is 26.2 Å². The van der Waals surface area contributed by atoms with Crippen LogP contribution in [0.2, 0.25) is 0 Å². The summed E-state index contributed by atoms with van der Waals surface area (Å²) in [4.78, 5) is 14.8. The predicted octanol–water partition coefficient (Wildman–Crippen LogP) is 1.29. The Hall–Kier alpha value is -0.620.